The van der Waals surface area contributed by atoms with Gasteiger partial charge in [0.1, 0.15) is 5.82 Å². The third kappa shape index (κ3) is 2.13. The molecule has 21 heavy (non-hydrogen) atoms. The van der Waals surface area contributed by atoms with Crippen molar-refractivity contribution in [2.45, 2.75) is 24.9 Å². The fourth-order valence-electron chi connectivity index (χ4n) is 3.01. The molecule has 2 amide bonds. The average Bonchev–Trinajstić information content (AvgIpc) is 2.95. The molecular formula is C14H17N5O2. The first-order valence-electron chi connectivity index (χ1n) is 7.24. The number of aromatic nitrogens is 3. The summed E-state index contributed by atoms with van der Waals surface area (Å²) in [6.45, 7) is 1.91. The molecule has 2 aliphatic rings. The zero-order valence-corrected chi connectivity index (χ0v) is 11.7. The van der Waals surface area contributed by atoms with E-state index in [0.29, 0.717) is 31.2 Å². The predicted octanol–water partition coefficient (Wildman–Crippen LogP) is 1.52. The molecule has 2 fully saturated rings. The van der Waals surface area contributed by atoms with Crippen LogP contribution in [0.3, 0.4) is 0 Å². The Morgan fingerprint density at radius 1 is 1.33 bits per heavy atom. The van der Waals surface area contributed by atoms with Crippen molar-refractivity contribution in [1.29, 1.82) is 0 Å². The summed E-state index contributed by atoms with van der Waals surface area (Å²) in [5, 5.41) is 7.09. The molecule has 110 valence electrons. The number of nitrogens with one attached hydrogen (secondary N) is 1. The van der Waals surface area contributed by atoms with Gasteiger partial charge >= 0.3 is 6.03 Å². The van der Waals surface area contributed by atoms with Crippen LogP contribution in [0.5, 0.6) is 0 Å². The second-order valence-electron chi connectivity index (χ2n) is 5.67. The third-order valence-corrected chi connectivity index (χ3v) is 4.33. The smallest absolute Gasteiger partial charge is 0.323 e. The van der Waals surface area contributed by atoms with Crippen LogP contribution in [0.25, 0.3) is 5.65 Å². The topological polar surface area (TPSA) is 71.8 Å². The minimum atomic E-state index is -0.104. The van der Waals surface area contributed by atoms with Crippen molar-refractivity contribution in [3.8, 4) is 0 Å². The van der Waals surface area contributed by atoms with Gasteiger partial charge in [0, 0.05) is 18.8 Å². The molecule has 1 spiro atoms. The van der Waals surface area contributed by atoms with Gasteiger partial charge in [-0.2, -0.15) is 9.61 Å². The Balaban J connectivity index is 1.51. The molecule has 2 aromatic rings. The summed E-state index contributed by atoms with van der Waals surface area (Å²) in [6, 6.07) is 3.44. The standard InChI is InChI=1S/C14H17N5O2/c20-13(18-8-9-21-14(10-18)4-1-5-14)17-12-2-6-15-11-3-7-16-19(11)12/h2-3,6-7H,1,4-5,8-10H2,(H,17,20). The van der Waals surface area contributed by atoms with Gasteiger partial charge < -0.3 is 9.64 Å². The van der Waals surface area contributed by atoms with Gasteiger partial charge in [0.05, 0.1) is 24.9 Å². The van der Waals surface area contributed by atoms with Crippen LogP contribution in [-0.4, -0.2) is 50.8 Å². The first-order chi connectivity index (χ1) is 10.3. The normalized spacial score (nSPS) is 20.5. The van der Waals surface area contributed by atoms with Gasteiger partial charge in [0.2, 0.25) is 0 Å². The van der Waals surface area contributed by atoms with E-state index in [-0.39, 0.29) is 11.6 Å². The molecule has 2 aromatic heterocycles. The molecule has 4 rings (SSSR count). The Hall–Kier alpha value is -2.15. The maximum absolute atomic E-state index is 12.5. The number of hydrogen-bond acceptors (Lipinski definition) is 4. The predicted molar refractivity (Wildman–Crippen MR) is 76.1 cm³/mol. The lowest BCUT2D eigenvalue weighted by Gasteiger charge is -2.48. The molecule has 0 radical (unpaired) electrons. The Kier molecular flexibility index (Phi) is 2.81. The van der Waals surface area contributed by atoms with Crippen molar-refractivity contribution >= 4 is 17.5 Å². The second-order valence-corrected chi connectivity index (χ2v) is 5.67. The SMILES string of the molecule is O=C(Nc1ccnc2ccnn12)N1CCOC2(CCC2)C1. The summed E-state index contributed by atoms with van der Waals surface area (Å²) in [7, 11) is 0. The second kappa shape index (κ2) is 4.70. The number of anilines is 1. The molecule has 1 saturated heterocycles. The van der Waals surface area contributed by atoms with Crippen molar-refractivity contribution in [2.75, 3.05) is 25.0 Å². The van der Waals surface area contributed by atoms with E-state index in [1.165, 1.54) is 6.42 Å². The number of hydrogen-bond donors (Lipinski definition) is 1. The van der Waals surface area contributed by atoms with Gasteiger partial charge in [-0.15, -0.1) is 0 Å². The largest absolute Gasteiger partial charge is 0.371 e. The Morgan fingerprint density at radius 2 is 2.24 bits per heavy atom. The number of urea groups is 1. The van der Waals surface area contributed by atoms with Crippen LogP contribution in [0, 0.1) is 0 Å². The summed E-state index contributed by atoms with van der Waals surface area (Å²) >= 11 is 0. The lowest BCUT2D eigenvalue weighted by Crippen LogP contribution is -2.57. The Bertz CT molecular complexity index is 679. The first-order valence-corrected chi connectivity index (χ1v) is 7.24. The number of ether oxygens (including phenoxy) is 1. The van der Waals surface area contributed by atoms with Gasteiger partial charge in [-0.25, -0.2) is 9.78 Å². The van der Waals surface area contributed by atoms with E-state index in [2.05, 4.69) is 15.4 Å². The number of fused-ring (bicyclic) bond motifs is 1. The molecule has 0 bridgehead atoms. The molecule has 0 atom stereocenters. The van der Waals surface area contributed by atoms with Gasteiger partial charge in [-0.05, 0) is 25.3 Å². The lowest BCUT2D eigenvalue weighted by atomic mass is 9.79. The highest BCUT2D eigenvalue weighted by molar-refractivity contribution is 5.88. The fourth-order valence-corrected chi connectivity index (χ4v) is 3.01. The van der Waals surface area contributed by atoms with E-state index in [1.807, 2.05) is 4.90 Å². The summed E-state index contributed by atoms with van der Waals surface area (Å²) in [4.78, 5) is 18.5. The number of carbonyl (C=O) groups excluding carboxylic acids is 1. The molecule has 7 heteroatoms. The maximum atomic E-state index is 12.5. The first kappa shape index (κ1) is 12.6. The molecule has 7 nitrogen and oxygen atoms in total. The molecule has 1 N–H and O–H groups in total. The number of nitrogens with zero attached hydrogens (tertiary/aromatic N) is 4. The average molecular weight is 287 g/mol. The highest BCUT2D eigenvalue weighted by atomic mass is 16.5. The Labute approximate surface area is 121 Å². The quantitative estimate of drug-likeness (QED) is 0.863. The summed E-state index contributed by atoms with van der Waals surface area (Å²) < 4.78 is 7.46. The van der Waals surface area contributed by atoms with Gasteiger partial charge in [-0.3, -0.25) is 5.32 Å². The van der Waals surface area contributed by atoms with Crippen molar-refractivity contribution in [2.24, 2.45) is 0 Å². The van der Waals surface area contributed by atoms with Crippen LogP contribution >= 0.6 is 0 Å². The van der Waals surface area contributed by atoms with Gasteiger partial charge in [-0.1, -0.05) is 0 Å². The van der Waals surface area contributed by atoms with E-state index < -0.39 is 0 Å². The number of rotatable bonds is 1. The summed E-state index contributed by atoms with van der Waals surface area (Å²) in [5.74, 6) is 0.629. The lowest BCUT2D eigenvalue weighted by molar-refractivity contribution is -0.140. The number of amides is 2. The fraction of sp³-hybridized carbons (Fsp3) is 0.500. The van der Waals surface area contributed by atoms with Gasteiger partial charge in [0.15, 0.2) is 5.65 Å². The van der Waals surface area contributed by atoms with E-state index in [4.69, 9.17) is 4.74 Å². The number of morpholine rings is 1. The highest BCUT2D eigenvalue weighted by Gasteiger charge is 2.43. The van der Waals surface area contributed by atoms with Crippen LogP contribution in [0.4, 0.5) is 10.6 Å². The van der Waals surface area contributed by atoms with Crippen LogP contribution in [0.2, 0.25) is 0 Å². The minimum absolute atomic E-state index is 0.0884. The van der Waals surface area contributed by atoms with Crippen LogP contribution in [-0.2, 0) is 4.74 Å². The van der Waals surface area contributed by atoms with Crippen LogP contribution in [0.1, 0.15) is 19.3 Å². The summed E-state index contributed by atoms with van der Waals surface area (Å²) in [5.41, 5.74) is 0.625. The Morgan fingerprint density at radius 3 is 3.05 bits per heavy atom. The van der Waals surface area contributed by atoms with Crippen molar-refractivity contribution in [3.63, 3.8) is 0 Å². The van der Waals surface area contributed by atoms with Gasteiger partial charge in [0.25, 0.3) is 0 Å². The minimum Gasteiger partial charge on any atom is -0.371 e. The van der Waals surface area contributed by atoms with E-state index in [9.17, 15) is 4.79 Å². The molecule has 3 heterocycles. The van der Waals surface area contributed by atoms with E-state index >= 15 is 0 Å². The molecular weight excluding hydrogens is 270 g/mol. The zero-order chi connectivity index (χ0) is 14.3. The monoisotopic (exact) mass is 287 g/mol. The molecule has 0 unspecified atom stereocenters. The highest BCUT2D eigenvalue weighted by Crippen LogP contribution is 2.38. The van der Waals surface area contributed by atoms with E-state index in [1.54, 1.807) is 29.0 Å². The zero-order valence-electron chi connectivity index (χ0n) is 11.7. The van der Waals surface area contributed by atoms with Crippen molar-refractivity contribution in [3.05, 3.63) is 24.5 Å². The van der Waals surface area contributed by atoms with Crippen LogP contribution < -0.4 is 5.32 Å². The molecule has 0 aromatic carbocycles. The molecule has 1 aliphatic carbocycles. The molecule has 1 saturated carbocycles. The van der Waals surface area contributed by atoms with Crippen molar-refractivity contribution in [1.82, 2.24) is 19.5 Å². The molecule has 1 aliphatic heterocycles. The summed E-state index contributed by atoms with van der Waals surface area (Å²) in [6.07, 6.45) is 6.62. The van der Waals surface area contributed by atoms with Crippen LogP contribution in [0.15, 0.2) is 24.5 Å². The third-order valence-electron chi connectivity index (χ3n) is 4.33. The number of carbonyl (C=O) groups is 1. The van der Waals surface area contributed by atoms with E-state index in [0.717, 1.165) is 12.8 Å². The maximum Gasteiger partial charge on any atom is 0.323 e. The van der Waals surface area contributed by atoms with Crippen molar-refractivity contribution < 1.29 is 9.53 Å².